The van der Waals surface area contributed by atoms with Gasteiger partial charge in [0.15, 0.2) is 0 Å². The van der Waals surface area contributed by atoms with Gasteiger partial charge in [-0.05, 0) is 24.6 Å². The van der Waals surface area contributed by atoms with Crippen molar-refractivity contribution in [3.8, 4) is 0 Å². The fraction of sp³-hybridized carbons (Fsp3) is 0.333. The Kier molecular flexibility index (Phi) is 3.26. The highest BCUT2D eigenvalue weighted by molar-refractivity contribution is 9.10. The lowest BCUT2D eigenvalue weighted by atomic mass is 10.0. The molecule has 0 aromatic heterocycles. The molecule has 0 bridgehead atoms. The van der Waals surface area contributed by atoms with Gasteiger partial charge in [-0.3, -0.25) is 0 Å². The molecule has 0 amide bonds. The van der Waals surface area contributed by atoms with Gasteiger partial charge in [0.2, 0.25) is 0 Å². The van der Waals surface area contributed by atoms with Gasteiger partial charge in [0.25, 0.3) is 0 Å². The number of benzene rings is 1. The fourth-order valence-corrected chi connectivity index (χ4v) is 1.25. The molecule has 0 unspecified atom stereocenters. The molecule has 12 heavy (non-hydrogen) atoms. The first-order chi connectivity index (χ1) is 5.61. The molecule has 2 nitrogen and oxygen atoms in total. The number of halogens is 1. The quantitative estimate of drug-likeness (QED) is 0.812. The molecule has 4 N–H and O–H groups in total. The van der Waals surface area contributed by atoms with E-state index in [0.717, 1.165) is 10.0 Å². The van der Waals surface area contributed by atoms with Crippen molar-refractivity contribution in [1.29, 1.82) is 0 Å². The third-order valence-electron chi connectivity index (χ3n) is 1.82. The van der Waals surface area contributed by atoms with Crippen molar-refractivity contribution in [2.24, 2.45) is 11.5 Å². The zero-order valence-corrected chi connectivity index (χ0v) is 8.58. The molecule has 0 spiro atoms. The van der Waals surface area contributed by atoms with Gasteiger partial charge in [-0.1, -0.05) is 28.1 Å². The van der Waals surface area contributed by atoms with Crippen LogP contribution in [0.2, 0.25) is 0 Å². The van der Waals surface area contributed by atoms with Crippen LogP contribution in [0.5, 0.6) is 0 Å². The minimum Gasteiger partial charge on any atom is -0.326 e. The van der Waals surface area contributed by atoms with Crippen molar-refractivity contribution in [2.75, 3.05) is 0 Å². The summed E-state index contributed by atoms with van der Waals surface area (Å²) in [7, 11) is 0. The lowest BCUT2D eigenvalue weighted by Crippen LogP contribution is -2.30. The summed E-state index contributed by atoms with van der Waals surface area (Å²) in [4.78, 5) is 0. The van der Waals surface area contributed by atoms with E-state index in [9.17, 15) is 0 Å². The topological polar surface area (TPSA) is 52.0 Å². The van der Waals surface area contributed by atoms with Crippen LogP contribution in [-0.4, -0.2) is 6.04 Å². The van der Waals surface area contributed by atoms with Crippen LogP contribution in [0, 0.1) is 0 Å². The molecule has 1 rings (SSSR count). The van der Waals surface area contributed by atoms with Crippen molar-refractivity contribution in [1.82, 2.24) is 0 Å². The zero-order chi connectivity index (χ0) is 9.14. The standard InChI is InChI=1S/C9H13BrN2/c1-6(11)9(12)7-2-4-8(10)5-3-7/h2-6,9H,11-12H2,1H3/t6-,9-/m1/s1. The van der Waals surface area contributed by atoms with E-state index in [0.29, 0.717) is 0 Å². The van der Waals surface area contributed by atoms with Crippen LogP contribution < -0.4 is 11.5 Å². The van der Waals surface area contributed by atoms with E-state index in [2.05, 4.69) is 15.9 Å². The summed E-state index contributed by atoms with van der Waals surface area (Å²) in [5.74, 6) is 0. The van der Waals surface area contributed by atoms with Gasteiger partial charge >= 0.3 is 0 Å². The molecule has 0 aliphatic rings. The Hall–Kier alpha value is -0.380. The van der Waals surface area contributed by atoms with E-state index in [1.54, 1.807) is 0 Å². The zero-order valence-electron chi connectivity index (χ0n) is 7.00. The van der Waals surface area contributed by atoms with Crippen LogP contribution in [0.15, 0.2) is 28.7 Å². The first kappa shape index (κ1) is 9.71. The summed E-state index contributed by atoms with van der Waals surface area (Å²) in [5, 5.41) is 0. The van der Waals surface area contributed by atoms with E-state index in [4.69, 9.17) is 11.5 Å². The van der Waals surface area contributed by atoms with Crippen LogP contribution >= 0.6 is 15.9 Å². The smallest absolute Gasteiger partial charge is 0.0445 e. The van der Waals surface area contributed by atoms with Crippen molar-refractivity contribution < 1.29 is 0 Å². The third-order valence-corrected chi connectivity index (χ3v) is 2.35. The second-order valence-electron chi connectivity index (χ2n) is 2.94. The molecule has 3 heteroatoms. The first-order valence-corrected chi connectivity index (χ1v) is 4.67. The molecule has 1 aromatic carbocycles. The molecule has 0 saturated carbocycles. The molecule has 1 aromatic rings. The number of nitrogens with two attached hydrogens (primary N) is 2. The minimum atomic E-state index is -0.0712. The highest BCUT2D eigenvalue weighted by atomic mass is 79.9. The van der Waals surface area contributed by atoms with E-state index < -0.39 is 0 Å². The lowest BCUT2D eigenvalue weighted by molar-refractivity contribution is 0.589. The SMILES string of the molecule is C[C@@H](N)[C@@H](N)c1ccc(Br)cc1. The average molecular weight is 229 g/mol. The second kappa shape index (κ2) is 4.03. The van der Waals surface area contributed by atoms with Gasteiger partial charge in [0.1, 0.15) is 0 Å². The Morgan fingerprint density at radius 2 is 1.67 bits per heavy atom. The van der Waals surface area contributed by atoms with Crippen LogP contribution in [-0.2, 0) is 0 Å². The molecule has 0 radical (unpaired) electrons. The van der Waals surface area contributed by atoms with E-state index >= 15 is 0 Å². The maximum Gasteiger partial charge on any atom is 0.0445 e. The number of hydrogen-bond acceptors (Lipinski definition) is 2. The Bertz CT molecular complexity index is 243. The molecule has 0 fully saturated rings. The highest BCUT2D eigenvalue weighted by Crippen LogP contribution is 2.16. The maximum absolute atomic E-state index is 5.85. The molecule has 0 heterocycles. The minimum absolute atomic E-state index is 0.00817. The third kappa shape index (κ3) is 2.30. The first-order valence-electron chi connectivity index (χ1n) is 3.88. The summed E-state index contributed by atoms with van der Waals surface area (Å²) in [6, 6.07) is 7.83. The molecule has 0 aliphatic carbocycles. The summed E-state index contributed by atoms with van der Waals surface area (Å²) in [5.41, 5.74) is 12.6. The summed E-state index contributed by atoms with van der Waals surface area (Å²) < 4.78 is 1.06. The summed E-state index contributed by atoms with van der Waals surface area (Å²) in [6.07, 6.45) is 0. The maximum atomic E-state index is 5.85. The Morgan fingerprint density at radius 3 is 2.08 bits per heavy atom. The highest BCUT2D eigenvalue weighted by Gasteiger charge is 2.09. The number of hydrogen-bond donors (Lipinski definition) is 2. The van der Waals surface area contributed by atoms with Crippen molar-refractivity contribution in [3.63, 3.8) is 0 Å². The van der Waals surface area contributed by atoms with Crippen LogP contribution in [0.4, 0.5) is 0 Å². The van der Waals surface area contributed by atoms with Crippen LogP contribution in [0.25, 0.3) is 0 Å². The van der Waals surface area contributed by atoms with Crippen LogP contribution in [0.3, 0.4) is 0 Å². The van der Waals surface area contributed by atoms with Gasteiger partial charge in [-0.15, -0.1) is 0 Å². The predicted octanol–water partition coefficient (Wildman–Crippen LogP) is 1.80. The Balaban J connectivity index is 2.82. The molecular weight excluding hydrogens is 216 g/mol. The average Bonchev–Trinajstić information content (AvgIpc) is 2.04. The van der Waals surface area contributed by atoms with Gasteiger partial charge in [-0.2, -0.15) is 0 Å². The largest absolute Gasteiger partial charge is 0.326 e. The Labute approximate surface area is 81.1 Å². The van der Waals surface area contributed by atoms with Crippen molar-refractivity contribution in [3.05, 3.63) is 34.3 Å². The van der Waals surface area contributed by atoms with Gasteiger partial charge in [0, 0.05) is 16.6 Å². The van der Waals surface area contributed by atoms with Crippen molar-refractivity contribution >= 4 is 15.9 Å². The van der Waals surface area contributed by atoms with Crippen molar-refractivity contribution in [2.45, 2.75) is 19.0 Å². The van der Waals surface area contributed by atoms with Gasteiger partial charge in [0.05, 0.1) is 0 Å². The van der Waals surface area contributed by atoms with Gasteiger partial charge < -0.3 is 11.5 Å². The van der Waals surface area contributed by atoms with E-state index in [-0.39, 0.29) is 12.1 Å². The monoisotopic (exact) mass is 228 g/mol. The molecule has 66 valence electrons. The van der Waals surface area contributed by atoms with Crippen LogP contribution in [0.1, 0.15) is 18.5 Å². The summed E-state index contributed by atoms with van der Waals surface area (Å²) >= 11 is 3.36. The Morgan fingerprint density at radius 1 is 1.17 bits per heavy atom. The molecule has 0 aliphatic heterocycles. The predicted molar refractivity (Wildman–Crippen MR) is 54.7 cm³/mol. The van der Waals surface area contributed by atoms with E-state index in [1.807, 2.05) is 31.2 Å². The second-order valence-corrected chi connectivity index (χ2v) is 3.85. The number of rotatable bonds is 2. The summed E-state index contributed by atoms with van der Waals surface area (Å²) in [6.45, 7) is 1.91. The molecular formula is C9H13BrN2. The normalized spacial score (nSPS) is 15.7. The van der Waals surface area contributed by atoms with E-state index in [1.165, 1.54) is 0 Å². The fourth-order valence-electron chi connectivity index (χ4n) is 0.989. The van der Waals surface area contributed by atoms with Gasteiger partial charge in [-0.25, -0.2) is 0 Å². The lowest BCUT2D eigenvalue weighted by Gasteiger charge is -2.15. The molecule has 0 saturated heterocycles. The molecule has 2 atom stereocenters.